The molecule has 0 heterocycles. The maximum atomic E-state index is 12.9. The Morgan fingerprint density at radius 2 is 2.04 bits per heavy atom. The number of hydrogen-bond donors (Lipinski definition) is 1. The molecule has 0 aliphatic rings. The van der Waals surface area contributed by atoms with E-state index < -0.39 is 0 Å². The lowest BCUT2D eigenvalue weighted by atomic mass is 10.1. The minimum absolute atomic E-state index is 0.0560. The topological polar surface area (TPSA) is 59.9 Å². The number of carbonyl (C=O) groups is 1. The zero-order valence-electron chi connectivity index (χ0n) is 15.5. The summed E-state index contributed by atoms with van der Waals surface area (Å²) < 4.78 is 24.9. The maximum absolute atomic E-state index is 12.9. The molecule has 0 aliphatic carbocycles. The molecule has 0 aromatic heterocycles. The van der Waals surface area contributed by atoms with Crippen LogP contribution in [0.3, 0.4) is 0 Å². The largest absolute Gasteiger partial charge is 0.493 e. The summed E-state index contributed by atoms with van der Waals surface area (Å²) in [5.74, 6) is 0.575. The fourth-order valence-electron chi connectivity index (χ4n) is 2.22. The van der Waals surface area contributed by atoms with E-state index >= 15 is 0 Å². The molecule has 5 nitrogen and oxygen atoms in total. The van der Waals surface area contributed by atoms with Gasteiger partial charge in [0.15, 0.2) is 11.5 Å². The average molecular weight is 437 g/mol. The number of methoxy groups -OCH3 is 1. The third-order valence-electron chi connectivity index (χ3n) is 3.83. The van der Waals surface area contributed by atoms with Crippen molar-refractivity contribution in [3.63, 3.8) is 0 Å². The van der Waals surface area contributed by atoms with Crippen LogP contribution in [0.25, 0.3) is 0 Å². The Balaban J connectivity index is 2.02. The molecular formula is C20H22BrFN2O3. The molecule has 27 heavy (non-hydrogen) atoms. The van der Waals surface area contributed by atoms with Gasteiger partial charge in [0.05, 0.1) is 30.3 Å². The fourth-order valence-corrected chi connectivity index (χ4v) is 2.77. The van der Waals surface area contributed by atoms with Crippen LogP contribution in [-0.2, 0) is 11.2 Å². The highest BCUT2D eigenvalue weighted by Crippen LogP contribution is 2.37. The van der Waals surface area contributed by atoms with Gasteiger partial charge in [0.2, 0.25) is 5.91 Å². The van der Waals surface area contributed by atoms with E-state index in [1.807, 2.05) is 19.9 Å². The Bertz CT molecular complexity index is 810. The van der Waals surface area contributed by atoms with E-state index in [4.69, 9.17) is 9.47 Å². The first-order valence-corrected chi connectivity index (χ1v) is 9.32. The van der Waals surface area contributed by atoms with Crippen LogP contribution in [0, 0.1) is 5.82 Å². The van der Waals surface area contributed by atoms with Crippen LogP contribution >= 0.6 is 15.9 Å². The van der Waals surface area contributed by atoms with Gasteiger partial charge in [0, 0.05) is 0 Å². The van der Waals surface area contributed by atoms with Crippen LogP contribution in [0.5, 0.6) is 11.5 Å². The zero-order chi connectivity index (χ0) is 19.8. The Hall–Kier alpha value is -2.41. The van der Waals surface area contributed by atoms with Crippen LogP contribution in [-0.4, -0.2) is 25.3 Å². The Morgan fingerprint density at radius 3 is 2.67 bits per heavy atom. The number of nitrogens with zero attached hydrogens (tertiary/aromatic N) is 1. The summed E-state index contributed by atoms with van der Waals surface area (Å²) in [7, 11) is 1.57. The lowest BCUT2D eigenvalue weighted by Gasteiger charge is -2.17. The van der Waals surface area contributed by atoms with Crippen LogP contribution in [0.1, 0.15) is 31.4 Å². The van der Waals surface area contributed by atoms with Gasteiger partial charge in [-0.25, -0.2) is 9.82 Å². The predicted molar refractivity (Wildman–Crippen MR) is 107 cm³/mol. The molecule has 0 bridgehead atoms. The van der Waals surface area contributed by atoms with Gasteiger partial charge in [0.1, 0.15) is 5.82 Å². The van der Waals surface area contributed by atoms with Crippen molar-refractivity contribution in [2.75, 3.05) is 7.11 Å². The number of nitrogens with one attached hydrogen (secondary N) is 1. The van der Waals surface area contributed by atoms with Crippen molar-refractivity contribution in [3.8, 4) is 11.5 Å². The molecular weight excluding hydrogens is 415 g/mol. The number of benzene rings is 2. The monoisotopic (exact) mass is 436 g/mol. The van der Waals surface area contributed by atoms with Crippen LogP contribution in [0.2, 0.25) is 0 Å². The summed E-state index contributed by atoms with van der Waals surface area (Å²) in [6, 6.07) is 9.37. The summed E-state index contributed by atoms with van der Waals surface area (Å²) in [5, 5.41) is 3.96. The summed E-state index contributed by atoms with van der Waals surface area (Å²) in [6.07, 6.45) is 2.56. The number of rotatable bonds is 8. The lowest BCUT2D eigenvalue weighted by molar-refractivity contribution is -0.120. The van der Waals surface area contributed by atoms with E-state index in [9.17, 15) is 9.18 Å². The Labute approximate surface area is 166 Å². The molecule has 144 valence electrons. The van der Waals surface area contributed by atoms with E-state index in [1.54, 1.807) is 25.3 Å². The SMILES string of the molecule is CC[C@H](C)Oc1c(Br)cc(/C=N/NC(=O)Cc2ccc(F)cc2)cc1OC. The highest BCUT2D eigenvalue weighted by atomic mass is 79.9. The van der Waals surface area contributed by atoms with Crippen molar-refractivity contribution >= 4 is 28.1 Å². The number of ether oxygens (including phenoxy) is 2. The van der Waals surface area contributed by atoms with Gasteiger partial charge in [0.25, 0.3) is 0 Å². The second kappa shape index (κ2) is 10.1. The van der Waals surface area contributed by atoms with E-state index in [2.05, 4.69) is 26.5 Å². The number of amides is 1. The quantitative estimate of drug-likeness (QED) is 0.490. The molecule has 1 atom stereocenters. The molecule has 2 aromatic carbocycles. The second-order valence-electron chi connectivity index (χ2n) is 5.97. The standard InChI is InChI=1S/C20H22BrFN2O3/c1-4-13(2)27-20-17(21)9-15(10-18(20)26-3)12-23-24-19(25)11-14-5-7-16(22)8-6-14/h5-10,12-13H,4,11H2,1-3H3,(H,24,25)/b23-12+/t13-/m0/s1. The summed E-state index contributed by atoms with van der Waals surface area (Å²) in [5.41, 5.74) is 3.90. The van der Waals surface area contributed by atoms with Gasteiger partial charge in [-0.1, -0.05) is 19.1 Å². The van der Waals surface area contributed by atoms with Gasteiger partial charge in [-0.3, -0.25) is 4.79 Å². The maximum Gasteiger partial charge on any atom is 0.244 e. The molecule has 0 spiro atoms. The number of halogens is 2. The van der Waals surface area contributed by atoms with Crippen LogP contribution < -0.4 is 14.9 Å². The molecule has 0 fully saturated rings. The molecule has 2 rings (SSSR count). The summed E-state index contributed by atoms with van der Waals surface area (Å²) >= 11 is 3.48. The molecule has 0 radical (unpaired) electrons. The number of carbonyl (C=O) groups excluding carboxylic acids is 1. The highest BCUT2D eigenvalue weighted by molar-refractivity contribution is 9.10. The summed E-state index contributed by atoms with van der Waals surface area (Å²) in [6.45, 7) is 4.03. The minimum Gasteiger partial charge on any atom is -0.493 e. The normalized spacial score (nSPS) is 12.0. The van der Waals surface area contributed by atoms with Crippen molar-refractivity contribution in [2.24, 2.45) is 5.10 Å². The van der Waals surface area contributed by atoms with E-state index in [0.29, 0.717) is 17.1 Å². The van der Waals surface area contributed by atoms with Crippen molar-refractivity contribution in [2.45, 2.75) is 32.8 Å². The van der Waals surface area contributed by atoms with E-state index in [0.717, 1.165) is 16.5 Å². The Morgan fingerprint density at radius 1 is 1.33 bits per heavy atom. The first-order chi connectivity index (χ1) is 12.9. The zero-order valence-corrected chi connectivity index (χ0v) is 17.0. The average Bonchev–Trinajstić information content (AvgIpc) is 2.65. The molecule has 1 amide bonds. The van der Waals surface area contributed by atoms with Crippen molar-refractivity contribution in [1.29, 1.82) is 0 Å². The molecule has 2 aromatic rings. The highest BCUT2D eigenvalue weighted by Gasteiger charge is 2.13. The minimum atomic E-state index is -0.336. The van der Waals surface area contributed by atoms with Gasteiger partial charge in [-0.05, 0) is 64.7 Å². The number of hydrogen-bond acceptors (Lipinski definition) is 4. The second-order valence-corrected chi connectivity index (χ2v) is 6.82. The molecule has 0 aliphatic heterocycles. The van der Waals surface area contributed by atoms with Gasteiger partial charge in [-0.15, -0.1) is 0 Å². The van der Waals surface area contributed by atoms with Crippen molar-refractivity contribution < 1.29 is 18.7 Å². The van der Waals surface area contributed by atoms with Gasteiger partial charge >= 0.3 is 0 Å². The summed E-state index contributed by atoms with van der Waals surface area (Å²) in [4.78, 5) is 11.9. The number of hydrazone groups is 1. The molecule has 7 heteroatoms. The van der Waals surface area contributed by atoms with E-state index in [1.165, 1.54) is 18.3 Å². The predicted octanol–water partition coefficient (Wildman–Crippen LogP) is 4.47. The van der Waals surface area contributed by atoms with Gasteiger partial charge < -0.3 is 9.47 Å². The van der Waals surface area contributed by atoms with Crippen molar-refractivity contribution in [3.05, 3.63) is 57.8 Å². The first kappa shape index (κ1) is 20.9. The smallest absolute Gasteiger partial charge is 0.244 e. The van der Waals surface area contributed by atoms with Gasteiger partial charge in [-0.2, -0.15) is 5.10 Å². The molecule has 0 unspecified atom stereocenters. The van der Waals surface area contributed by atoms with Crippen LogP contribution in [0.4, 0.5) is 4.39 Å². The fraction of sp³-hybridized carbons (Fsp3) is 0.300. The Kier molecular flexibility index (Phi) is 7.79. The third-order valence-corrected chi connectivity index (χ3v) is 4.42. The van der Waals surface area contributed by atoms with E-state index in [-0.39, 0.29) is 24.2 Å². The first-order valence-electron chi connectivity index (χ1n) is 8.53. The molecule has 0 saturated heterocycles. The lowest BCUT2D eigenvalue weighted by Crippen LogP contribution is -2.19. The molecule has 1 N–H and O–H groups in total. The molecule has 0 saturated carbocycles. The van der Waals surface area contributed by atoms with Crippen LogP contribution in [0.15, 0.2) is 46.0 Å². The van der Waals surface area contributed by atoms with Crippen molar-refractivity contribution in [1.82, 2.24) is 5.43 Å². The third kappa shape index (κ3) is 6.36.